The molecule has 0 aromatic heterocycles. The van der Waals surface area contributed by atoms with E-state index in [9.17, 15) is 18.0 Å². The summed E-state index contributed by atoms with van der Waals surface area (Å²) >= 11 is 2.13. The van der Waals surface area contributed by atoms with Crippen molar-refractivity contribution < 1.29 is 22.7 Å². The van der Waals surface area contributed by atoms with Crippen LogP contribution >= 0.6 is 22.6 Å². The second-order valence-corrected chi connectivity index (χ2v) is 12.4. The highest BCUT2D eigenvalue weighted by atomic mass is 127. The number of methoxy groups -OCH3 is 1. The fraction of sp³-hybridized carbons (Fsp3) is 0.440. The lowest BCUT2D eigenvalue weighted by molar-refractivity contribution is -0.141. The first-order chi connectivity index (χ1) is 16.2. The van der Waals surface area contributed by atoms with Crippen LogP contribution in [0.2, 0.25) is 0 Å². The second kappa shape index (κ2) is 12.1. The summed E-state index contributed by atoms with van der Waals surface area (Å²) in [5, 5.41) is 2.95. The zero-order chi connectivity index (χ0) is 26.4. The first-order valence-electron chi connectivity index (χ1n) is 11.2. The van der Waals surface area contributed by atoms with Crippen molar-refractivity contribution in [3.05, 3.63) is 57.7 Å². The molecule has 1 N–H and O–H groups in total. The molecule has 0 aliphatic carbocycles. The highest BCUT2D eigenvalue weighted by Gasteiger charge is 2.33. The van der Waals surface area contributed by atoms with Crippen LogP contribution in [-0.4, -0.2) is 56.6 Å². The highest BCUT2D eigenvalue weighted by Crippen LogP contribution is 2.22. The molecule has 8 nitrogen and oxygen atoms in total. The van der Waals surface area contributed by atoms with Gasteiger partial charge in [0, 0.05) is 15.7 Å². The lowest BCUT2D eigenvalue weighted by Crippen LogP contribution is -2.55. The molecular formula is C25H34IN3O5S. The van der Waals surface area contributed by atoms with Gasteiger partial charge in [0.05, 0.1) is 19.1 Å². The summed E-state index contributed by atoms with van der Waals surface area (Å²) in [7, 11) is -2.19. The molecule has 10 heteroatoms. The van der Waals surface area contributed by atoms with E-state index in [0.29, 0.717) is 17.9 Å². The van der Waals surface area contributed by atoms with Gasteiger partial charge in [-0.05, 0) is 91.7 Å². The molecule has 0 heterocycles. The lowest BCUT2D eigenvalue weighted by atomic mass is 10.1. The fourth-order valence-electron chi connectivity index (χ4n) is 3.52. The minimum atomic E-state index is -3.76. The Morgan fingerprint density at radius 2 is 1.63 bits per heavy atom. The molecule has 0 fully saturated rings. The minimum Gasteiger partial charge on any atom is -0.497 e. The molecule has 0 saturated carbocycles. The topological polar surface area (TPSA) is 96.0 Å². The molecule has 2 aromatic carbocycles. The Morgan fingerprint density at radius 3 is 2.09 bits per heavy atom. The van der Waals surface area contributed by atoms with Gasteiger partial charge in [0.2, 0.25) is 21.8 Å². The Kier molecular flexibility index (Phi) is 9.96. The van der Waals surface area contributed by atoms with Gasteiger partial charge in [-0.1, -0.05) is 19.1 Å². The van der Waals surface area contributed by atoms with Gasteiger partial charge in [0.1, 0.15) is 18.3 Å². The average Bonchev–Trinajstić information content (AvgIpc) is 2.76. The van der Waals surface area contributed by atoms with Crippen molar-refractivity contribution in [1.29, 1.82) is 0 Å². The number of ether oxygens (including phenoxy) is 1. The van der Waals surface area contributed by atoms with Crippen LogP contribution in [0.1, 0.15) is 39.7 Å². The van der Waals surface area contributed by atoms with E-state index in [-0.39, 0.29) is 12.5 Å². The summed E-state index contributed by atoms with van der Waals surface area (Å²) in [5.41, 5.74) is 0.693. The Bertz CT molecular complexity index is 1110. The van der Waals surface area contributed by atoms with Crippen LogP contribution in [0.15, 0.2) is 48.5 Å². The van der Waals surface area contributed by atoms with Crippen LogP contribution in [0.25, 0.3) is 0 Å². The summed E-state index contributed by atoms with van der Waals surface area (Å²) in [4.78, 5) is 28.3. The van der Waals surface area contributed by atoms with Crippen LogP contribution in [0.5, 0.6) is 5.75 Å². The van der Waals surface area contributed by atoms with Crippen molar-refractivity contribution in [3.63, 3.8) is 0 Å². The number of nitrogens with one attached hydrogen (secondary N) is 1. The van der Waals surface area contributed by atoms with Gasteiger partial charge >= 0.3 is 0 Å². The van der Waals surface area contributed by atoms with Crippen molar-refractivity contribution in [2.24, 2.45) is 0 Å². The quantitative estimate of drug-likeness (QED) is 0.411. The van der Waals surface area contributed by atoms with Crippen molar-refractivity contribution in [2.75, 3.05) is 24.2 Å². The number of rotatable bonds is 10. The SMILES string of the molecule is CCC(C(=O)NC(C)(C)C)N(Cc1ccc(OC)cc1)C(=O)CN(c1ccc(I)cc1)S(C)(=O)=O. The van der Waals surface area contributed by atoms with E-state index >= 15 is 0 Å². The molecule has 2 rings (SSSR count). The molecule has 0 radical (unpaired) electrons. The van der Waals surface area contributed by atoms with E-state index in [1.165, 1.54) is 4.90 Å². The molecule has 0 aliphatic rings. The summed E-state index contributed by atoms with van der Waals surface area (Å²) in [5.74, 6) is -0.0890. The van der Waals surface area contributed by atoms with Crippen LogP contribution in [0.3, 0.4) is 0 Å². The number of hydrogen-bond acceptors (Lipinski definition) is 5. The van der Waals surface area contributed by atoms with Crippen LogP contribution in [0.4, 0.5) is 5.69 Å². The van der Waals surface area contributed by atoms with Crippen LogP contribution in [-0.2, 0) is 26.2 Å². The Morgan fingerprint density at radius 1 is 1.06 bits per heavy atom. The molecule has 0 aliphatic heterocycles. The Labute approximate surface area is 222 Å². The van der Waals surface area contributed by atoms with Crippen molar-refractivity contribution in [2.45, 2.75) is 52.2 Å². The summed E-state index contributed by atoms with van der Waals surface area (Å²) in [6.07, 6.45) is 1.43. The van der Waals surface area contributed by atoms with Crippen molar-refractivity contribution in [3.8, 4) is 5.75 Å². The molecule has 192 valence electrons. The molecule has 1 atom stereocenters. The zero-order valence-electron chi connectivity index (χ0n) is 21.0. The molecule has 0 spiro atoms. The third kappa shape index (κ3) is 8.68. The molecule has 2 aromatic rings. The number of sulfonamides is 1. The Hall–Kier alpha value is -2.34. The van der Waals surface area contributed by atoms with Gasteiger partial charge in [-0.15, -0.1) is 0 Å². The number of carbonyl (C=O) groups is 2. The first-order valence-corrected chi connectivity index (χ1v) is 14.2. The average molecular weight is 616 g/mol. The smallest absolute Gasteiger partial charge is 0.244 e. The van der Waals surface area contributed by atoms with E-state index in [1.54, 1.807) is 43.5 Å². The predicted molar refractivity (Wildman–Crippen MR) is 147 cm³/mol. The molecular weight excluding hydrogens is 581 g/mol. The monoisotopic (exact) mass is 615 g/mol. The number of amides is 2. The fourth-order valence-corrected chi connectivity index (χ4v) is 4.73. The van der Waals surface area contributed by atoms with Gasteiger partial charge in [-0.2, -0.15) is 0 Å². The Balaban J connectivity index is 2.44. The van der Waals surface area contributed by atoms with Crippen LogP contribution < -0.4 is 14.4 Å². The standard InChI is InChI=1S/C25H34IN3O5S/c1-7-22(24(31)27-25(2,3)4)28(16-18-8-14-21(34-5)15-9-18)23(30)17-29(35(6,32)33)20-12-10-19(26)11-13-20/h8-15,22H,7,16-17H2,1-6H3,(H,27,31). The van der Waals surface area contributed by atoms with Gasteiger partial charge in [0.15, 0.2) is 0 Å². The van der Waals surface area contributed by atoms with E-state index < -0.39 is 34.1 Å². The summed E-state index contributed by atoms with van der Waals surface area (Å²) in [6.45, 7) is 7.16. The maximum absolute atomic E-state index is 13.7. The number of anilines is 1. The number of benzene rings is 2. The normalized spacial score (nSPS) is 12.5. The van der Waals surface area contributed by atoms with E-state index in [2.05, 4.69) is 27.9 Å². The minimum absolute atomic E-state index is 0.142. The summed E-state index contributed by atoms with van der Waals surface area (Å²) < 4.78 is 32.5. The van der Waals surface area contributed by atoms with Crippen molar-refractivity contribution >= 4 is 50.1 Å². The van der Waals surface area contributed by atoms with Gasteiger partial charge in [-0.25, -0.2) is 8.42 Å². The van der Waals surface area contributed by atoms with E-state index in [1.807, 2.05) is 39.8 Å². The summed E-state index contributed by atoms with van der Waals surface area (Å²) in [6, 6.07) is 13.3. The maximum Gasteiger partial charge on any atom is 0.244 e. The molecule has 0 bridgehead atoms. The number of carbonyl (C=O) groups excluding carboxylic acids is 2. The van der Waals surface area contributed by atoms with Gasteiger partial charge < -0.3 is 15.0 Å². The largest absolute Gasteiger partial charge is 0.497 e. The van der Waals surface area contributed by atoms with Crippen LogP contribution in [0, 0.1) is 3.57 Å². The number of halogens is 1. The van der Waals surface area contributed by atoms with Gasteiger partial charge in [-0.3, -0.25) is 13.9 Å². The molecule has 2 amide bonds. The third-order valence-electron chi connectivity index (χ3n) is 5.19. The number of hydrogen-bond donors (Lipinski definition) is 1. The first kappa shape index (κ1) is 28.9. The second-order valence-electron chi connectivity index (χ2n) is 9.28. The zero-order valence-corrected chi connectivity index (χ0v) is 24.0. The van der Waals surface area contributed by atoms with Crippen molar-refractivity contribution in [1.82, 2.24) is 10.2 Å². The number of nitrogens with zero attached hydrogens (tertiary/aromatic N) is 2. The predicted octanol–water partition coefficient (Wildman–Crippen LogP) is 3.79. The van der Waals surface area contributed by atoms with E-state index in [4.69, 9.17) is 4.74 Å². The van der Waals surface area contributed by atoms with Gasteiger partial charge in [0.25, 0.3) is 0 Å². The molecule has 35 heavy (non-hydrogen) atoms. The maximum atomic E-state index is 13.7. The lowest BCUT2D eigenvalue weighted by Gasteiger charge is -2.34. The molecule has 1 unspecified atom stereocenters. The molecule has 0 saturated heterocycles. The van der Waals surface area contributed by atoms with E-state index in [0.717, 1.165) is 19.7 Å². The third-order valence-corrected chi connectivity index (χ3v) is 7.05. The highest BCUT2D eigenvalue weighted by molar-refractivity contribution is 14.1.